The minimum Gasteiger partial charge on any atom is -0.485 e. The molecule has 0 saturated heterocycles. The molecule has 1 unspecified atom stereocenters. The fourth-order valence-corrected chi connectivity index (χ4v) is 4.31. The summed E-state index contributed by atoms with van der Waals surface area (Å²) in [6.45, 7) is 2.75. The lowest BCUT2D eigenvalue weighted by atomic mass is 10.2. The van der Waals surface area contributed by atoms with E-state index in [0.717, 1.165) is 10.7 Å². The molecular formula is C19H19N5O4S2. The SMILES string of the molecule is CCn1c(SCC(=O)NNC(=O)C2COc3ccccc3O2)nnc1-c1cccs1. The summed E-state index contributed by atoms with van der Waals surface area (Å²) in [6, 6.07) is 11.0. The molecule has 1 aliphatic rings. The number of thiophene rings is 1. The smallest absolute Gasteiger partial charge is 0.283 e. The van der Waals surface area contributed by atoms with Crippen molar-refractivity contribution < 1.29 is 19.1 Å². The van der Waals surface area contributed by atoms with Gasteiger partial charge in [-0.1, -0.05) is 30.0 Å². The van der Waals surface area contributed by atoms with E-state index in [1.54, 1.807) is 29.5 Å². The van der Waals surface area contributed by atoms with E-state index in [-0.39, 0.29) is 18.3 Å². The van der Waals surface area contributed by atoms with E-state index in [9.17, 15) is 9.59 Å². The maximum atomic E-state index is 12.3. The van der Waals surface area contributed by atoms with Crippen LogP contribution in [-0.2, 0) is 16.1 Å². The number of rotatable bonds is 6. The average molecular weight is 446 g/mol. The molecule has 3 aromatic rings. The van der Waals surface area contributed by atoms with Gasteiger partial charge in [0.05, 0.1) is 10.6 Å². The number of amides is 2. The summed E-state index contributed by atoms with van der Waals surface area (Å²) in [5.41, 5.74) is 4.77. The van der Waals surface area contributed by atoms with E-state index in [1.807, 2.05) is 35.1 Å². The third kappa shape index (κ3) is 4.41. The van der Waals surface area contributed by atoms with Crippen LogP contribution in [0.1, 0.15) is 6.92 Å². The highest BCUT2D eigenvalue weighted by Gasteiger charge is 2.27. The van der Waals surface area contributed by atoms with Crippen LogP contribution in [0.2, 0.25) is 0 Å². The third-order valence-corrected chi connectivity index (χ3v) is 6.07. The number of nitrogens with zero attached hydrogens (tertiary/aromatic N) is 3. The van der Waals surface area contributed by atoms with Gasteiger partial charge in [-0.25, -0.2) is 0 Å². The number of hydrogen-bond acceptors (Lipinski definition) is 8. The van der Waals surface area contributed by atoms with Crippen molar-refractivity contribution in [3.63, 3.8) is 0 Å². The Morgan fingerprint density at radius 2 is 2.03 bits per heavy atom. The van der Waals surface area contributed by atoms with Crippen LogP contribution in [0.4, 0.5) is 0 Å². The van der Waals surface area contributed by atoms with Gasteiger partial charge in [-0.2, -0.15) is 0 Å². The maximum Gasteiger partial charge on any atom is 0.283 e. The molecule has 0 saturated carbocycles. The lowest BCUT2D eigenvalue weighted by Gasteiger charge is -2.25. The van der Waals surface area contributed by atoms with Crippen molar-refractivity contribution in [3.05, 3.63) is 41.8 Å². The molecule has 0 aliphatic carbocycles. The predicted molar refractivity (Wildman–Crippen MR) is 112 cm³/mol. The Balaban J connectivity index is 1.27. The zero-order valence-electron chi connectivity index (χ0n) is 16.0. The van der Waals surface area contributed by atoms with E-state index >= 15 is 0 Å². The maximum absolute atomic E-state index is 12.3. The van der Waals surface area contributed by atoms with Gasteiger partial charge in [-0.05, 0) is 30.5 Å². The Morgan fingerprint density at radius 1 is 1.20 bits per heavy atom. The minimum absolute atomic E-state index is 0.0680. The molecule has 3 heterocycles. The van der Waals surface area contributed by atoms with Gasteiger partial charge >= 0.3 is 0 Å². The standard InChI is InChI=1S/C19H19N5O4S2/c1-2-24-17(15-8-5-9-29-15)21-23-19(24)30-11-16(25)20-22-18(26)14-10-27-12-6-3-4-7-13(12)28-14/h3-9,14H,2,10-11H2,1H3,(H,20,25)(H,22,26). The van der Waals surface area contributed by atoms with E-state index in [1.165, 1.54) is 11.8 Å². The molecule has 11 heteroatoms. The third-order valence-electron chi connectivity index (χ3n) is 4.23. The number of ether oxygens (including phenoxy) is 2. The number of hydrogen-bond donors (Lipinski definition) is 2. The van der Waals surface area contributed by atoms with Crippen molar-refractivity contribution in [1.29, 1.82) is 0 Å². The highest BCUT2D eigenvalue weighted by Crippen LogP contribution is 2.31. The number of thioether (sulfide) groups is 1. The molecule has 0 radical (unpaired) electrons. The highest BCUT2D eigenvalue weighted by molar-refractivity contribution is 7.99. The van der Waals surface area contributed by atoms with Crippen molar-refractivity contribution in [2.45, 2.75) is 24.7 Å². The lowest BCUT2D eigenvalue weighted by Crippen LogP contribution is -2.51. The van der Waals surface area contributed by atoms with Crippen LogP contribution in [0.15, 0.2) is 46.9 Å². The largest absolute Gasteiger partial charge is 0.485 e. The Kier molecular flexibility index (Phi) is 6.19. The molecular weight excluding hydrogens is 426 g/mol. The first kappa shape index (κ1) is 20.2. The van der Waals surface area contributed by atoms with Crippen LogP contribution in [0.25, 0.3) is 10.7 Å². The van der Waals surface area contributed by atoms with Gasteiger partial charge in [0.15, 0.2) is 22.5 Å². The zero-order valence-corrected chi connectivity index (χ0v) is 17.7. The number of carbonyl (C=O) groups excluding carboxylic acids is 2. The second-order valence-corrected chi connectivity index (χ2v) is 8.11. The van der Waals surface area contributed by atoms with Gasteiger partial charge < -0.3 is 14.0 Å². The van der Waals surface area contributed by atoms with Gasteiger partial charge in [-0.3, -0.25) is 20.4 Å². The molecule has 0 spiro atoms. The molecule has 156 valence electrons. The summed E-state index contributed by atoms with van der Waals surface area (Å²) in [7, 11) is 0. The Bertz CT molecular complexity index is 1040. The summed E-state index contributed by atoms with van der Waals surface area (Å²) < 4.78 is 13.1. The number of carbonyl (C=O) groups is 2. The predicted octanol–water partition coefficient (Wildman–Crippen LogP) is 2.11. The summed E-state index contributed by atoms with van der Waals surface area (Å²) in [4.78, 5) is 25.4. The van der Waals surface area contributed by atoms with Crippen molar-refractivity contribution in [1.82, 2.24) is 25.6 Å². The molecule has 2 N–H and O–H groups in total. The van der Waals surface area contributed by atoms with Crippen molar-refractivity contribution in [2.75, 3.05) is 12.4 Å². The molecule has 9 nitrogen and oxygen atoms in total. The number of benzene rings is 1. The zero-order chi connectivity index (χ0) is 20.9. The minimum atomic E-state index is -0.843. The number of nitrogens with one attached hydrogen (secondary N) is 2. The van der Waals surface area contributed by atoms with E-state index in [0.29, 0.717) is 23.2 Å². The number of para-hydroxylation sites is 2. The van der Waals surface area contributed by atoms with Crippen LogP contribution in [0.3, 0.4) is 0 Å². The van der Waals surface area contributed by atoms with E-state index in [4.69, 9.17) is 9.47 Å². The molecule has 1 aliphatic heterocycles. The summed E-state index contributed by atoms with van der Waals surface area (Å²) >= 11 is 2.83. The van der Waals surface area contributed by atoms with Crippen LogP contribution in [-0.4, -0.2) is 45.0 Å². The fraction of sp³-hybridized carbons (Fsp3) is 0.263. The van der Waals surface area contributed by atoms with Gasteiger partial charge in [0.1, 0.15) is 6.61 Å². The topological polar surface area (TPSA) is 107 Å². The second kappa shape index (κ2) is 9.18. The van der Waals surface area contributed by atoms with Crippen molar-refractivity contribution in [3.8, 4) is 22.2 Å². The normalized spacial score (nSPS) is 14.9. The van der Waals surface area contributed by atoms with E-state index in [2.05, 4.69) is 21.0 Å². The van der Waals surface area contributed by atoms with Crippen LogP contribution in [0.5, 0.6) is 11.5 Å². The number of aromatic nitrogens is 3. The Hall–Kier alpha value is -3.05. The molecule has 1 atom stereocenters. The van der Waals surface area contributed by atoms with E-state index < -0.39 is 12.0 Å². The van der Waals surface area contributed by atoms with Crippen molar-refractivity contribution in [2.24, 2.45) is 0 Å². The Morgan fingerprint density at radius 3 is 2.80 bits per heavy atom. The Labute approximate surface area is 180 Å². The summed E-state index contributed by atoms with van der Waals surface area (Å²) in [6.07, 6.45) is -0.843. The summed E-state index contributed by atoms with van der Waals surface area (Å²) in [5.74, 6) is 1.08. The van der Waals surface area contributed by atoms with Crippen LogP contribution >= 0.6 is 23.1 Å². The van der Waals surface area contributed by atoms with Crippen LogP contribution < -0.4 is 20.3 Å². The molecule has 4 rings (SSSR count). The molecule has 2 aromatic heterocycles. The average Bonchev–Trinajstić information content (AvgIpc) is 3.45. The molecule has 0 fully saturated rings. The highest BCUT2D eigenvalue weighted by atomic mass is 32.2. The first-order chi connectivity index (χ1) is 14.7. The number of hydrazine groups is 1. The first-order valence-electron chi connectivity index (χ1n) is 9.22. The van der Waals surface area contributed by atoms with Crippen molar-refractivity contribution >= 4 is 34.9 Å². The fourth-order valence-electron chi connectivity index (χ4n) is 2.80. The molecule has 2 amide bonds. The van der Waals surface area contributed by atoms with Gasteiger partial charge in [0.2, 0.25) is 12.0 Å². The lowest BCUT2D eigenvalue weighted by molar-refractivity contribution is -0.134. The van der Waals surface area contributed by atoms with Gasteiger partial charge in [0.25, 0.3) is 5.91 Å². The second-order valence-electron chi connectivity index (χ2n) is 6.22. The number of fused-ring (bicyclic) bond motifs is 1. The monoisotopic (exact) mass is 445 g/mol. The van der Waals surface area contributed by atoms with Gasteiger partial charge in [-0.15, -0.1) is 21.5 Å². The van der Waals surface area contributed by atoms with Crippen LogP contribution in [0, 0.1) is 0 Å². The first-order valence-corrected chi connectivity index (χ1v) is 11.1. The molecule has 30 heavy (non-hydrogen) atoms. The quantitative estimate of drug-likeness (QED) is 0.442. The summed E-state index contributed by atoms with van der Waals surface area (Å²) in [5, 5.41) is 11.0. The molecule has 0 bridgehead atoms. The van der Waals surface area contributed by atoms with Gasteiger partial charge in [0, 0.05) is 6.54 Å². The molecule has 1 aromatic carbocycles.